The molecule has 0 fully saturated rings. The van der Waals surface area contributed by atoms with Gasteiger partial charge in [-0.15, -0.1) is 15.3 Å². The Bertz CT molecular complexity index is 1590. The summed E-state index contributed by atoms with van der Waals surface area (Å²) in [6.07, 6.45) is 0. The van der Waals surface area contributed by atoms with E-state index in [0.29, 0.717) is 11.4 Å². The zero-order valence-corrected chi connectivity index (χ0v) is 21.0. The first-order valence-electron chi connectivity index (χ1n) is 9.58. The van der Waals surface area contributed by atoms with Crippen molar-refractivity contribution < 1.29 is 57.8 Å². The molecule has 0 bridgehead atoms. The number of nitrogen functional groups attached to an aromatic ring is 1. The van der Waals surface area contributed by atoms with Crippen molar-refractivity contribution in [3.05, 3.63) is 66.7 Å². The van der Waals surface area contributed by atoms with Crippen LogP contribution in [0.5, 0.6) is 17.2 Å². The molecule has 0 spiro atoms. The van der Waals surface area contributed by atoms with Gasteiger partial charge < -0.3 is 25.6 Å². The van der Waals surface area contributed by atoms with Crippen molar-refractivity contribution in [2.45, 2.75) is 4.90 Å². The largest absolute Gasteiger partial charge is 1.00 e. The first kappa shape index (κ1) is 26.1. The molecule has 4 aromatic carbocycles. The van der Waals surface area contributed by atoms with Crippen LogP contribution in [0.25, 0.3) is 10.8 Å². The number of phenols is 3. The van der Waals surface area contributed by atoms with Gasteiger partial charge in [-0.1, -0.05) is 18.2 Å². The van der Waals surface area contributed by atoms with Gasteiger partial charge >= 0.3 is 29.6 Å². The average Bonchev–Trinajstić information content (AvgIpc) is 2.77. The molecule has 0 heterocycles. The van der Waals surface area contributed by atoms with E-state index < -0.39 is 26.5 Å². The molecule has 0 atom stereocenters. The summed E-state index contributed by atoms with van der Waals surface area (Å²) in [6.45, 7) is 0. The Morgan fingerprint density at radius 2 is 1.34 bits per heavy atom. The van der Waals surface area contributed by atoms with Crippen molar-refractivity contribution in [1.29, 1.82) is 0 Å². The quantitative estimate of drug-likeness (QED) is 0.139. The van der Waals surface area contributed by atoms with Gasteiger partial charge in [0.05, 0.1) is 21.7 Å². The summed E-state index contributed by atoms with van der Waals surface area (Å²) in [5.74, 6) is -1.22. The predicted molar refractivity (Wildman–Crippen MR) is 123 cm³/mol. The minimum Gasteiger partial charge on any atom is -0.744 e. The molecule has 5 N–H and O–H groups in total. The Hall–Kier alpha value is -3.55. The molecular formula is C22H16N5NaO6S. The van der Waals surface area contributed by atoms with Gasteiger partial charge in [0, 0.05) is 17.8 Å². The number of azo groups is 2. The average molecular weight is 501 g/mol. The van der Waals surface area contributed by atoms with E-state index in [1.54, 1.807) is 24.3 Å². The van der Waals surface area contributed by atoms with Gasteiger partial charge in [0.1, 0.15) is 38.7 Å². The van der Waals surface area contributed by atoms with E-state index in [9.17, 15) is 28.3 Å². The van der Waals surface area contributed by atoms with Crippen LogP contribution in [0.15, 0.2) is 92.1 Å². The van der Waals surface area contributed by atoms with Gasteiger partial charge in [-0.3, -0.25) is 0 Å². The minimum atomic E-state index is -4.77. The number of aromatic hydroxyl groups is 3. The fourth-order valence-corrected chi connectivity index (χ4v) is 3.63. The van der Waals surface area contributed by atoms with E-state index in [-0.39, 0.29) is 63.1 Å². The Morgan fingerprint density at radius 1 is 0.714 bits per heavy atom. The third-order valence-corrected chi connectivity index (χ3v) is 5.49. The molecule has 35 heavy (non-hydrogen) atoms. The van der Waals surface area contributed by atoms with E-state index >= 15 is 0 Å². The van der Waals surface area contributed by atoms with Gasteiger partial charge in [-0.2, -0.15) is 5.11 Å². The molecule has 0 aliphatic rings. The topological polar surface area (TPSA) is 193 Å². The molecule has 0 amide bonds. The number of nitrogens with zero attached hydrogens (tertiary/aromatic N) is 4. The van der Waals surface area contributed by atoms with E-state index in [0.717, 1.165) is 18.2 Å². The number of phenolic OH excluding ortho intramolecular Hbond substituents is 3. The number of hydrogen-bond donors (Lipinski definition) is 4. The fraction of sp³-hybridized carbons (Fsp3) is 0. The molecule has 0 aromatic heterocycles. The van der Waals surface area contributed by atoms with E-state index in [1.165, 1.54) is 24.3 Å². The monoisotopic (exact) mass is 501 g/mol. The Labute approximate surface area is 221 Å². The SMILES string of the molecule is Nc1cccc(N=Nc2cc(N=Nc3cccc4cc(S(=O)(=O)[O-])cc(O)c34)c(O)cc2O)c1.[Na+]. The normalized spacial score (nSPS) is 11.8. The minimum absolute atomic E-state index is 0. The molecule has 4 aromatic rings. The van der Waals surface area contributed by atoms with E-state index in [1.807, 2.05) is 0 Å². The first-order valence-corrected chi connectivity index (χ1v) is 11.0. The summed E-state index contributed by atoms with van der Waals surface area (Å²) in [7, 11) is -4.77. The van der Waals surface area contributed by atoms with Gasteiger partial charge in [0.2, 0.25) is 0 Å². The van der Waals surface area contributed by atoms with Crippen LogP contribution in [0.2, 0.25) is 0 Å². The molecule has 0 aliphatic heterocycles. The maximum atomic E-state index is 11.3. The fourth-order valence-electron chi connectivity index (χ4n) is 3.11. The zero-order chi connectivity index (χ0) is 24.5. The number of fused-ring (bicyclic) bond motifs is 1. The molecule has 172 valence electrons. The zero-order valence-electron chi connectivity index (χ0n) is 18.2. The number of hydrogen-bond acceptors (Lipinski definition) is 11. The summed E-state index contributed by atoms with van der Waals surface area (Å²) >= 11 is 0. The third kappa shape index (κ3) is 5.93. The Morgan fingerprint density at radius 3 is 2.00 bits per heavy atom. The van der Waals surface area contributed by atoms with Crippen LogP contribution in [0.3, 0.4) is 0 Å². The Balaban J connectivity index is 0.00000342. The van der Waals surface area contributed by atoms with Crippen LogP contribution in [0.1, 0.15) is 0 Å². The van der Waals surface area contributed by atoms with Gasteiger partial charge in [0.15, 0.2) is 0 Å². The molecule has 0 radical (unpaired) electrons. The molecule has 4 rings (SSSR count). The molecular weight excluding hydrogens is 485 g/mol. The van der Waals surface area contributed by atoms with Crippen LogP contribution in [0.4, 0.5) is 28.4 Å². The number of rotatable bonds is 5. The van der Waals surface area contributed by atoms with Crippen LogP contribution in [0, 0.1) is 0 Å². The van der Waals surface area contributed by atoms with Crippen molar-refractivity contribution >= 4 is 49.3 Å². The van der Waals surface area contributed by atoms with Crippen LogP contribution >= 0.6 is 0 Å². The standard InChI is InChI=1S/C22H17N5O6S.Na/c23-13-4-2-5-14(8-13)24-26-17-10-18(20(29)11-19(17)28)27-25-16-6-1-3-12-7-15(34(31,32)33)9-21(30)22(12)16;/h1-11,28-30H,23H2,(H,31,32,33);/q;+1/p-1. The maximum absolute atomic E-state index is 11.3. The Kier molecular flexibility index (Phi) is 7.73. The van der Waals surface area contributed by atoms with Crippen molar-refractivity contribution in [2.75, 3.05) is 5.73 Å². The smallest absolute Gasteiger partial charge is 0.744 e. The second-order valence-electron chi connectivity index (χ2n) is 7.10. The van der Waals surface area contributed by atoms with Crippen LogP contribution in [-0.2, 0) is 10.1 Å². The summed E-state index contributed by atoms with van der Waals surface area (Å²) < 4.78 is 33.9. The number of benzene rings is 4. The predicted octanol–water partition coefficient (Wildman–Crippen LogP) is 2.28. The van der Waals surface area contributed by atoms with Crippen molar-refractivity contribution in [3.8, 4) is 17.2 Å². The molecule has 11 nitrogen and oxygen atoms in total. The van der Waals surface area contributed by atoms with Gasteiger partial charge in [-0.05, 0) is 41.8 Å². The van der Waals surface area contributed by atoms with E-state index in [4.69, 9.17) is 5.73 Å². The van der Waals surface area contributed by atoms with Crippen LogP contribution < -0.4 is 35.3 Å². The molecule has 0 aliphatic carbocycles. The number of nitrogens with two attached hydrogens (primary N) is 1. The number of anilines is 1. The molecule has 0 saturated heterocycles. The molecule has 13 heteroatoms. The summed E-state index contributed by atoms with van der Waals surface area (Å²) in [4.78, 5) is -0.585. The van der Waals surface area contributed by atoms with Crippen molar-refractivity contribution in [3.63, 3.8) is 0 Å². The molecule has 0 saturated carbocycles. The maximum Gasteiger partial charge on any atom is 1.00 e. The summed E-state index contributed by atoms with van der Waals surface area (Å²) in [6, 6.07) is 15.3. The third-order valence-electron chi connectivity index (χ3n) is 4.68. The van der Waals surface area contributed by atoms with Crippen LogP contribution in [-0.4, -0.2) is 28.3 Å². The summed E-state index contributed by atoms with van der Waals surface area (Å²) in [5.41, 5.74) is 6.71. The first-order chi connectivity index (χ1) is 16.1. The van der Waals surface area contributed by atoms with Gasteiger partial charge in [-0.25, -0.2) is 8.42 Å². The second kappa shape index (κ2) is 10.4. The van der Waals surface area contributed by atoms with E-state index in [2.05, 4.69) is 20.5 Å². The second-order valence-corrected chi connectivity index (χ2v) is 8.48. The molecule has 0 unspecified atom stereocenters. The summed E-state index contributed by atoms with van der Waals surface area (Å²) in [5, 5.41) is 46.9. The van der Waals surface area contributed by atoms with Crippen molar-refractivity contribution in [1.82, 2.24) is 0 Å². The van der Waals surface area contributed by atoms with Gasteiger partial charge in [0.25, 0.3) is 0 Å². The van der Waals surface area contributed by atoms with Crippen molar-refractivity contribution in [2.24, 2.45) is 20.5 Å².